The molecule has 0 saturated carbocycles. The SMILES string of the molecule is O=C(NCC(O)CO)c1ccc(NCCCCC#CCCCc2ccccn2)cc1. The third kappa shape index (κ3) is 9.55. The van der Waals surface area contributed by atoms with Crippen molar-refractivity contribution in [1.82, 2.24) is 10.3 Å². The number of carbonyl (C=O) groups is 1. The minimum Gasteiger partial charge on any atom is -0.394 e. The fourth-order valence-corrected chi connectivity index (χ4v) is 2.77. The molecule has 2 aromatic rings. The second-order valence-corrected chi connectivity index (χ2v) is 7.04. The molecule has 0 bridgehead atoms. The van der Waals surface area contributed by atoms with Crippen molar-refractivity contribution in [2.45, 2.75) is 44.6 Å². The Kier molecular flexibility index (Phi) is 11.0. The molecule has 4 N–H and O–H groups in total. The van der Waals surface area contributed by atoms with Crippen molar-refractivity contribution >= 4 is 11.6 Å². The lowest BCUT2D eigenvalue weighted by Gasteiger charge is -2.10. The van der Waals surface area contributed by atoms with Crippen LogP contribution in [0, 0.1) is 11.8 Å². The molecule has 0 radical (unpaired) electrons. The van der Waals surface area contributed by atoms with Crippen LogP contribution in [0.15, 0.2) is 48.7 Å². The molecule has 0 aliphatic rings. The molecule has 0 aliphatic carbocycles. The molecular formula is C24H31N3O3. The van der Waals surface area contributed by atoms with Gasteiger partial charge in [0.1, 0.15) is 0 Å². The van der Waals surface area contributed by atoms with E-state index in [2.05, 4.69) is 27.5 Å². The first-order valence-electron chi connectivity index (χ1n) is 10.5. The van der Waals surface area contributed by atoms with Gasteiger partial charge < -0.3 is 20.8 Å². The minimum atomic E-state index is -0.939. The van der Waals surface area contributed by atoms with Crippen molar-refractivity contribution in [2.75, 3.05) is 25.0 Å². The molecule has 0 fully saturated rings. The highest BCUT2D eigenvalue weighted by atomic mass is 16.3. The highest BCUT2D eigenvalue weighted by Crippen LogP contribution is 2.10. The summed E-state index contributed by atoms with van der Waals surface area (Å²) < 4.78 is 0. The fraction of sp³-hybridized carbons (Fsp3) is 0.417. The van der Waals surface area contributed by atoms with Crippen LogP contribution < -0.4 is 10.6 Å². The maximum absolute atomic E-state index is 11.9. The zero-order valence-corrected chi connectivity index (χ0v) is 17.3. The minimum absolute atomic E-state index is 0.0302. The molecule has 1 unspecified atom stereocenters. The predicted molar refractivity (Wildman–Crippen MR) is 119 cm³/mol. The van der Waals surface area contributed by atoms with E-state index < -0.39 is 6.10 Å². The Hall–Kier alpha value is -2.88. The molecule has 30 heavy (non-hydrogen) atoms. The average molecular weight is 410 g/mol. The van der Waals surface area contributed by atoms with E-state index in [0.29, 0.717) is 5.56 Å². The summed E-state index contributed by atoms with van der Waals surface area (Å²) in [6.07, 6.45) is 6.81. The number of benzene rings is 1. The Morgan fingerprint density at radius 1 is 1.03 bits per heavy atom. The van der Waals surface area contributed by atoms with E-state index in [1.165, 1.54) is 0 Å². The number of hydrogen-bond donors (Lipinski definition) is 4. The van der Waals surface area contributed by atoms with Crippen molar-refractivity contribution in [3.05, 3.63) is 59.9 Å². The molecule has 1 aromatic heterocycles. The first-order valence-corrected chi connectivity index (χ1v) is 10.5. The van der Waals surface area contributed by atoms with Crippen LogP contribution in [0.5, 0.6) is 0 Å². The van der Waals surface area contributed by atoms with E-state index in [1.54, 1.807) is 12.1 Å². The maximum Gasteiger partial charge on any atom is 0.251 e. The number of unbranched alkanes of at least 4 members (excludes halogenated alkanes) is 3. The van der Waals surface area contributed by atoms with Gasteiger partial charge in [-0.05, 0) is 62.1 Å². The van der Waals surface area contributed by atoms with Gasteiger partial charge in [-0.3, -0.25) is 9.78 Å². The normalized spacial score (nSPS) is 11.3. The number of nitrogens with zero attached hydrogens (tertiary/aromatic N) is 1. The number of nitrogens with one attached hydrogen (secondary N) is 2. The number of pyridine rings is 1. The standard InChI is InChI=1S/C24H31N3O3/c28-19-23(29)18-27-24(30)20-12-14-22(15-13-20)26-16-8-5-3-1-2-4-6-10-21-11-7-9-17-25-21/h7,9,11-15,17,23,26,28-29H,3-6,8,10,16,18-19H2,(H,27,30). The second-order valence-electron chi connectivity index (χ2n) is 7.04. The van der Waals surface area contributed by atoms with Crippen molar-refractivity contribution in [1.29, 1.82) is 0 Å². The van der Waals surface area contributed by atoms with Gasteiger partial charge in [0.25, 0.3) is 5.91 Å². The molecule has 6 nitrogen and oxygen atoms in total. The molecule has 1 aromatic carbocycles. The van der Waals surface area contributed by atoms with Crippen LogP contribution in [0.3, 0.4) is 0 Å². The average Bonchev–Trinajstić information content (AvgIpc) is 2.79. The van der Waals surface area contributed by atoms with Crippen LogP contribution in [-0.2, 0) is 6.42 Å². The van der Waals surface area contributed by atoms with Crippen molar-refractivity contribution in [3.63, 3.8) is 0 Å². The fourth-order valence-electron chi connectivity index (χ4n) is 2.77. The summed E-state index contributed by atoms with van der Waals surface area (Å²) >= 11 is 0. The number of anilines is 1. The van der Waals surface area contributed by atoms with Gasteiger partial charge in [0.2, 0.25) is 0 Å². The van der Waals surface area contributed by atoms with E-state index >= 15 is 0 Å². The van der Waals surface area contributed by atoms with Crippen molar-refractivity contribution < 1.29 is 15.0 Å². The van der Waals surface area contributed by atoms with Gasteiger partial charge in [0, 0.05) is 49.1 Å². The molecule has 0 spiro atoms. The number of rotatable bonds is 12. The summed E-state index contributed by atoms with van der Waals surface area (Å²) in [6.45, 7) is 0.513. The van der Waals surface area contributed by atoms with Crippen LogP contribution in [0.1, 0.15) is 48.2 Å². The number of aliphatic hydroxyl groups excluding tert-OH is 2. The zero-order chi connectivity index (χ0) is 21.4. The number of amides is 1. The Bertz CT molecular complexity index is 798. The molecule has 0 aliphatic heterocycles. The number of aliphatic hydroxyl groups is 2. The molecule has 160 valence electrons. The first-order chi connectivity index (χ1) is 14.7. The quantitative estimate of drug-likeness (QED) is 0.319. The van der Waals surface area contributed by atoms with E-state index in [9.17, 15) is 9.90 Å². The topological polar surface area (TPSA) is 94.5 Å². The third-order valence-corrected chi connectivity index (χ3v) is 4.50. The third-order valence-electron chi connectivity index (χ3n) is 4.50. The lowest BCUT2D eigenvalue weighted by atomic mass is 10.1. The highest BCUT2D eigenvalue weighted by molar-refractivity contribution is 5.94. The van der Waals surface area contributed by atoms with Gasteiger partial charge in [0.05, 0.1) is 12.7 Å². The Labute approximate surface area is 178 Å². The molecule has 1 atom stereocenters. The summed E-state index contributed by atoms with van der Waals surface area (Å²) in [4.78, 5) is 16.2. The van der Waals surface area contributed by atoms with Crippen LogP contribution in [0.25, 0.3) is 0 Å². The summed E-state index contributed by atoms with van der Waals surface area (Å²) in [7, 11) is 0. The molecule has 6 heteroatoms. The molecular weight excluding hydrogens is 378 g/mol. The first kappa shape index (κ1) is 23.4. The van der Waals surface area contributed by atoms with E-state index in [0.717, 1.165) is 56.5 Å². The maximum atomic E-state index is 11.9. The Balaban J connectivity index is 1.53. The number of hydrogen-bond acceptors (Lipinski definition) is 5. The zero-order valence-electron chi connectivity index (χ0n) is 17.3. The van der Waals surface area contributed by atoms with Crippen molar-refractivity contribution in [3.8, 4) is 11.8 Å². The smallest absolute Gasteiger partial charge is 0.251 e. The summed E-state index contributed by atoms with van der Waals surface area (Å²) in [5, 5.41) is 23.9. The van der Waals surface area contributed by atoms with Gasteiger partial charge in [-0.2, -0.15) is 0 Å². The van der Waals surface area contributed by atoms with Crippen LogP contribution in [0.4, 0.5) is 5.69 Å². The molecule has 2 rings (SSSR count). The summed E-state index contributed by atoms with van der Waals surface area (Å²) in [5.41, 5.74) is 2.60. The van der Waals surface area contributed by atoms with E-state index in [1.807, 2.05) is 36.5 Å². The van der Waals surface area contributed by atoms with Gasteiger partial charge >= 0.3 is 0 Å². The van der Waals surface area contributed by atoms with Crippen LogP contribution in [-0.4, -0.2) is 46.9 Å². The van der Waals surface area contributed by atoms with Crippen LogP contribution >= 0.6 is 0 Å². The lowest BCUT2D eigenvalue weighted by molar-refractivity contribution is 0.0802. The number of aryl methyl sites for hydroxylation is 1. The monoisotopic (exact) mass is 409 g/mol. The highest BCUT2D eigenvalue weighted by Gasteiger charge is 2.08. The van der Waals surface area contributed by atoms with Gasteiger partial charge in [-0.25, -0.2) is 0 Å². The summed E-state index contributed by atoms with van der Waals surface area (Å²) in [5.74, 6) is 6.20. The molecule has 1 amide bonds. The molecule has 1 heterocycles. The number of aromatic nitrogens is 1. The van der Waals surface area contributed by atoms with Crippen LogP contribution in [0.2, 0.25) is 0 Å². The van der Waals surface area contributed by atoms with Crippen molar-refractivity contribution in [2.24, 2.45) is 0 Å². The lowest BCUT2D eigenvalue weighted by Crippen LogP contribution is -2.33. The van der Waals surface area contributed by atoms with Gasteiger partial charge in [-0.15, -0.1) is 11.8 Å². The largest absolute Gasteiger partial charge is 0.394 e. The van der Waals surface area contributed by atoms with E-state index in [4.69, 9.17) is 5.11 Å². The Morgan fingerprint density at radius 3 is 2.50 bits per heavy atom. The predicted octanol–water partition coefficient (Wildman–Crippen LogP) is 2.77. The summed E-state index contributed by atoms with van der Waals surface area (Å²) in [6, 6.07) is 13.2. The van der Waals surface area contributed by atoms with Gasteiger partial charge in [0.15, 0.2) is 0 Å². The van der Waals surface area contributed by atoms with E-state index in [-0.39, 0.29) is 19.1 Å². The second kappa shape index (κ2) is 14.2. The Morgan fingerprint density at radius 2 is 1.80 bits per heavy atom. The molecule has 0 saturated heterocycles. The van der Waals surface area contributed by atoms with Gasteiger partial charge in [-0.1, -0.05) is 6.07 Å². The number of carbonyl (C=O) groups excluding carboxylic acids is 1.